The predicted octanol–water partition coefficient (Wildman–Crippen LogP) is 7.56. The average Bonchev–Trinajstić information content (AvgIpc) is 4.14. The lowest BCUT2D eigenvalue weighted by atomic mass is 9.72. The Balaban J connectivity index is 1.06. The number of carbonyl (C=O) groups excluding carboxylic acids is 4. The zero-order valence-corrected chi connectivity index (χ0v) is 36.7. The van der Waals surface area contributed by atoms with Crippen molar-refractivity contribution in [1.82, 2.24) is 40.4 Å². The van der Waals surface area contributed by atoms with Crippen molar-refractivity contribution in [2.24, 2.45) is 11.8 Å². The molecule has 1 unspecified atom stereocenters. The lowest BCUT2D eigenvalue weighted by Gasteiger charge is -2.38. The summed E-state index contributed by atoms with van der Waals surface area (Å²) in [4.78, 5) is 72.2. The second kappa shape index (κ2) is 18.0. The number of aromatic nitrogens is 4. The number of carbonyl (C=O) groups is 4. The van der Waals surface area contributed by atoms with E-state index in [1.807, 2.05) is 49.9 Å². The zero-order valence-electron chi connectivity index (χ0n) is 36.7. The van der Waals surface area contributed by atoms with Gasteiger partial charge in [0, 0.05) is 25.3 Å². The van der Waals surface area contributed by atoms with Gasteiger partial charge in [-0.1, -0.05) is 64.1 Å². The van der Waals surface area contributed by atoms with Gasteiger partial charge in [0.05, 0.1) is 55.7 Å². The van der Waals surface area contributed by atoms with Crippen LogP contribution in [0.5, 0.6) is 0 Å². The Kier molecular flexibility index (Phi) is 12.4. The fourth-order valence-corrected chi connectivity index (χ4v) is 10.2. The number of ether oxygens (including phenoxy) is 3. The van der Waals surface area contributed by atoms with Gasteiger partial charge in [-0.3, -0.25) is 9.59 Å². The molecule has 2 aromatic carbocycles. The van der Waals surface area contributed by atoms with Crippen molar-refractivity contribution in [3.8, 4) is 33.6 Å². The first-order chi connectivity index (χ1) is 29.9. The number of amides is 4. The third-order valence-electron chi connectivity index (χ3n) is 13.4. The highest BCUT2D eigenvalue weighted by molar-refractivity contribution is 5.87. The Bertz CT molecular complexity index is 2280. The molecule has 15 heteroatoms. The van der Waals surface area contributed by atoms with Gasteiger partial charge in [0.15, 0.2) is 0 Å². The predicted molar refractivity (Wildman–Crippen MR) is 233 cm³/mol. The van der Waals surface area contributed by atoms with E-state index in [0.29, 0.717) is 13.1 Å². The third kappa shape index (κ3) is 8.18. The largest absolute Gasteiger partial charge is 0.453 e. The number of aromatic amines is 2. The normalized spacial score (nSPS) is 21.9. The molecule has 3 fully saturated rings. The van der Waals surface area contributed by atoms with Gasteiger partial charge in [0.1, 0.15) is 23.7 Å². The number of H-pyrrole nitrogens is 2. The lowest BCUT2D eigenvalue weighted by Crippen LogP contribution is -2.51. The van der Waals surface area contributed by atoms with Crippen molar-refractivity contribution >= 4 is 24.0 Å². The fourth-order valence-electron chi connectivity index (χ4n) is 10.2. The molecule has 4 aliphatic rings. The number of hydrogen-bond acceptors (Lipinski definition) is 9. The van der Waals surface area contributed by atoms with Crippen molar-refractivity contribution in [3.05, 3.63) is 71.6 Å². The first-order valence-electron chi connectivity index (χ1n) is 22.2. The molecule has 5 heterocycles. The van der Waals surface area contributed by atoms with E-state index >= 15 is 0 Å². The Hall–Kier alpha value is -5.70. The van der Waals surface area contributed by atoms with E-state index < -0.39 is 24.3 Å². The monoisotopic (exact) mass is 848 g/mol. The number of alkyl carbamates (subject to hydrolysis) is 2. The van der Waals surface area contributed by atoms with E-state index in [-0.39, 0.29) is 41.3 Å². The molecule has 0 saturated carbocycles. The molecule has 1 spiro atoms. The zero-order chi connectivity index (χ0) is 43.7. The van der Waals surface area contributed by atoms with Crippen LogP contribution in [0.25, 0.3) is 33.6 Å². The Labute approximate surface area is 363 Å². The van der Waals surface area contributed by atoms with Crippen LogP contribution in [0.4, 0.5) is 9.59 Å². The number of methoxy groups -OCH3 is 2. The maximum Gasteiger partial charge on any atom is 0.407 e. The number of fused-ring (bicyclic) bond motifs is 2. The van der Waals surface area contributed by atoms with Crippen LogP contribution < -0.4 is 10.6 Å². The second-order valence-corrected chi connectivity index (χ2v) is 17.9. The highest BCUT2D eigenvalue weighted by Crippen LogP contribution is 2.51. The number of nitrogens with one attached hydrogen (secondary N) is 4. The molecule has 4 N–H and O–H groups in total. The number of likely N-dealkylation sites (tertiary alicyclic amines) is 2. The molecule has 5 atom stereocenters. The van der Waals surface area contributed by atoms with Crippen molar-refractivity contribution in [3.63, 3.8) is 0 Å². The molecule has 0 bridgehead atoms. The van der Waals surface area contributed by atoms with Crippen molar-refractivity contribution < 1.29 is 33.4 Å². The molecule has 0 radical (unpaired) electrons. The number of hydrogen-bond donors (Lipinski definition) is 4. The molecule has 3 saturated heterocycles. The Morgan fingerprint density at radius 3 is 1.76 bits per heavy atom. The number of nitrogens with zero attached hydrogens (tertiary/aromatic N) is 4. The third-order valence-corrected chi connectivity index (χ3v) is 13.4. The minimum atomic E-state index is -0.701. The highest BCUT2D eigenvalue weighted by atomic mass is 16.5. The SMILES string of the molecule is COC(=O)N[C@H](C(=O)N1CCC[C@H]1c1ncc(-c2ccc(-c3ccc(-c4cnc([C@@H]5CCCN5C(=O)[C@@H](NC(=O)OC)C(C)C)[nH]4)c4c3C3(CCCO3)CCC4)cc2)[nH]1)C(C)C. The standard InChI is InChI=1S/C47H60N8O7/c1-27(2)39(52-45(58)60-5)43(56)54-22-8-12-36(54)41-48-25-34(50-41)30-16-14-29(15-17-30)31-18-19-32(33-11-7-20-47(38(31)33)21-10-24-62-47)35-26-49-42(51-35)37-13-9-23-55(37)44(57)40(28(3)4)53-46(59)61-6/h14-19,25-28,36-37,39-40H,7-13,20-24H2,1-6H3,(H,48,50)(H,49,51)(H,52,58)(H,53,59)/t36-,37-,39-,40-,47?/m0/s1. The summed E-state index contributed by atoms with van der Waals surface area (Å²) in [6.07, 6.45) is 10.6. The molecular weight excluding hydrogens is 789 g/mol. The van der Waals surface area contributed by atoms with Crippen LogP contribution in [0.3, 0.4) is 0 Å². The van der Waals surface area contributed by atoms with Gasteiger partial charge >= 0.3 is 12.2 Å². The van der Waals surface area contributed by atoms with E-state index in [1.54, 1.807) is 0 Å². The van der Waals surface area contributed by atoms with E-state index in [1.165, 1.54) is 25.3 Å². The number of imidazole rings is 2. The van der Waals surface area contributed by atoms with Gasteiger partial charge in [-0.2, -0.15) is 0 Å². The van der Waals surface area contributed by atoms with Gasteiger partial charge in [-0.25, -0.2) is 19.6 Å². The summed E-state index contributed by atoms with van der Waals surface area (Å²) in [5, 5.41) is 5.46. The van der Waals surface area contributed by atoms with Crippen molar-refractivity contribution in [1.29, 1.82) is 0 Å². The summed E-state index contributed by atoms with van der Waals surface area (Å²) in [7, 11) is 2.60. The molecule has 15 nitrogen and oxygen atoms in total. The first kappa shape index (κ1) is 43.0. The van der Waals surface area contributed by atoms with Gasteiger partial charge in [-0.15, -0.1) is 0 Å². The van der Waals surface area contributed by atoms with Gasteiger partial charge in [0.2, 0.25) is 11.8 Å². The summed E-state index contributed by atoms with van der Waals surface area (Å²) in [6, 6.07) is 11.1. The topological polar surface area (TPSA) is 184 Å². The van der Waals surface area contributed by atoms with Gasteiger partial charge in [-0.05, 0) is 97.4 Å². The van der Waals surface area contributed by atoms with Crippen LogP contribution in [0, 0.1) is 11.8 Å². The van der Waals surface area contributed by atoms with Crippen LogP contribution in [0.1, 0.15) is 114 Å². The van der Waals surface area contributed by atoms with Crippen LogP contribution in [0.2, 0.25) is 0 Å². The lowest BCUT2D eigenvalue weighted by molar-refractivity contribution is -0.136. The van der Waals surface area contributed by atoms with Gasteiger partial charge < -0.3 is 44.6 Å². The molecule has 3 aliphatic heterocycles. The second-order valence-electron chi connectivity index (χ2n) is 17.9. The Morgan fingerprint density at radius 2 is 1.23 bits per heavy atom. The maximum atomic E-state index is 13.8. The summed E-state index contributed by atoms with van der Waals surface area (Å²) in [5.41, 5.74) is 8.29. The molecule has 8 rings (SSSR count). The van der Waals surface area contributed by atoms with E-state index in [4.69, 9.17) is 24.2 Å². The average molecular weight is 849 g/mol. The quantitative estimate of drug-likeness (QED) is 0.118. The van der Waals surface area contributed by atoms with Crippen LogP contribution in [-0.4, -0.2) is 99.7 Å². The summed E-state index contributed by atoms with van der Waals surface area (Å²) in [6.45, 7) is 9.56. The molecule has 4 aromatic rings. The molecule has 2 aromatic heterocycles. The van der Waals surface area contributed by atoms with E-state index in [0.717, 1.165) is 110 Å². The Morgan fingerprint density at radius 1 is 0.710 bits per heavy atom. The number of benzene rings is 2. The first-order valence-corrected chi connectivity index (χ1v) is 22.2. The summed E-state index contributed by atoms with van der Waals surface area (Å²) < 4.78 is 16.3. The summed E-state index contributed by atoms with van der Waals surface area (Å²) >= 11 is 0. The highest BCUT2D eigenvalue weighted by Gasteiger charge is 2.44. The van der Waals surface area contributed by atoms with E-state index in [9.17, 15) is 19.2 Å². The van der Waals surface area contributed by atoms with Crippen LogP contribution >= 0.6 is 0 Å². The van der Waals surface area contributed by atoms with Crippen molar-refractivity contribution in [2.75, 3.05) is 33.9 Å². The molecule has 1 aliphatic carbocycles. The van der Waals surface area contributed by atoms with E-state index in [2.05, 4.69) is 57.0 Å². The number of rotatable bonds is 11. The minimum absolute atomic E-state index is 0.113. The van der Waals surface area contributed by atoms with Crippen LogP contribution in [0.15, 0.2) is 48.8 Å². The molecular formula is C47H60N8O7. The fraction of sp³-hybridized carbons (Fsp3) is 0.532. The van der Waals surface area contributed by atoms with Gasteiger partial charge in [0.25, 0.3) is 0 Å². The molecule has 330 valence electrons. The molecule has 62 heavy (non-hydrogen) atoms. The van der Waals surface area contributed by atoms with Crippen LogP contribution in [-0.2, 0) is 35.8 Å². The minimum Gasteiger partial charge on any atom is -0.453 e. The molecule has 4 amide bonds. The maximum absolute atomic E-state index is 13.8. The summed E-state index contributed by atoms with van der Waals surface area (Å²) in [5.74, 6) is 0.968. The van der Waals surface area contributed by atoms with Crippen molar-refractivity contribution in [2.45, 2.75) is 115 Å². The smallest absolute Gasteiger partial charge is 0.407 e.